The van der Waals surface area contributed by atoms with Gasteiger partial charge in [0.1, 0.15) is 12.2 Å². The first-order chi connectivity index (χ1) is 24.2. The Morgan fingerprint density at radius 3 is 2.12 bits per heavy atom. The quantitative estimate of drug-likeness (QED) is 0.0585. The van der Waals surface area contributed by atoms with Gasteiger partial charge in [-0.3, -0.25) is 9.59 Å². The molecule has 51 heavy (non-hydrogen) atoms. The normalized spacial score (nSPS) is 21.7. The minimum Gasteiger partial charge on any atom is -0.460 e. The topological polar surface area (TPSA) is 106 Å². The number of carbonyl (C=O) groups is 3. The highest BCUT2D eigenvalue weighted by Gasteiger charge is 2.45. The Morgan fingerprint density at radius 1 is 0.843 bits per heavy atom. The zero-order valence-electron chi connectivity index (χ0n) is 34.0. The van der Waals surface area contributed by atoms with Crippen molar-refractivity contribution < 1.29 is 28.6 Å². The smallest absolute Gasteiger partial charge is 0.318 e. The van der Waals surface area contributed by atoms with Crippen molar-refractivity contribution in [2.75, 3.05) is 19.7 Å². The average Bonchev–Trinajstić information content (AvgIpc) is 3.06. The van der Waals surface area contributed by atoms with Crippen LogP contribution in [-0.4, -0.2) is 72.1 Å². The van der Waals surface area contributed by atoms with Crippen molar-refractivity contribution in [2.45, 2.75) is 213 Å². The Kier molecular flexibility index (Phi) is 20.8. The van der Waals surface area contributed by atoms with Gasteiger partial charge in [-0.1, -0.05) is 104 Å². The fourth-order valence-corrected chi connectivity index (χ4v) is 7.13. The molecule has 0 spiro atoms. The molecule has 0 radical (unpaired) electrons. The molecule has 296 valence electrons. The van der Waals surface area contributed by atoms with Crippen LogP contribution in [-0.2, 0) is 23.8 Å². The van der Waals surface area contributed by atoms with Crippen LogP contribution < -0.4 is 10.6 Å². The SMILES string of the molecule is CCCCCCCCC=CCCCCCCC(C)(C)NC(=O)N(CCCC)C1CCCCC1OC(=O)CCNC(=O)C1OC(C)(C)OCC1(C)C. The van der Waals surface area contributed by atoms with Gasteiger partial charge in [0.25, 0.3) is 0 Å². The summed E-state index contributed by atoms with van der Waals surface area (Å²) >= 11 is 0. The van der Waals surface area contributed by atoms with E-state index >= 15 is 0 Å². The third-order valence-electron chi connectivity index (χ3n) is 10.4. The van der Waals surface area contributed by atoms with Crippen LogP contribution in [0.25, 0.3) is 0 Å². The molecule has 3 amide bonds. The predicted octanol–water partition coefficient (Wildman–Crippen LogP) is 9.76. The van der Waals surface area contributed by atoms with Gasteiger partial charge in [0.05, 0.1) is 19.1 Å². The second-order valence-corrected chi connectivity index (χ2v) is 16.9. The number of hydrogen-bond acceptors (Lipinski definition) is 6. The second kappa shape index (κ2) is 23.5. The van der Waals surface area contributed by atoms with Crippen LogP contribution in [0.1, 0.15) is 184 Å². The van der Waals surface area contributed by atoms with E-state index in [1.807, 2.05) is 18.7 Å². The summed E-state index contributed by atoms with van der Waals surface area (Å²) in [5, 5.41) is 6.21. The Balaban J connectivity index is 1.79. The number of amides is 3. The number of unbranched alkanes of at least 4 members (excludes halogenated alkanes) is 11. The Morgan fingerprint density at radius 2 is 1.45 bits per heavy atom. The van der Waals surface area contributed by atoms with Crippen molar-refractivity contribution >= 4 is 17.9 Å². The summed E-state index contributed by atoms with van der Waals surface area (Å²) in [4.78, 5) is 41.8. The summed E-state index contributed by atoms with van der Waals surface area (Å²) in [5.41, 5.74) is -0.813. The molecule has 1 aliphatic heterocycles. The van der Waals surface area contributed by atoms with E-state index in [0.29, 0.717) is 13.2 Å². The van der Waals surface area contributed by atoms with Gasteiger partial charge in [0, 0.05) is 24.0 Å². The van der Waals surface area contributed by atoms with Crippen LogP contribution in [0, 0.1) is 5.41 Å². The number of carbonyl (C=O) groups excluding carboxylic acids is 3. The number of nitrogens with one attached hydrogen (secondary N) is 2. The molecule has 1 heterocycles. The maximum atomic E-state index is 13.8. The molecule has 3 unspecified atom stereocenters. The fraction of sp³-hybridized carbons (Fsp3) is 0.881. The minimum absolute atomic E-state index is 0.0612. The molecule has 9 nitrogen and oxygen atoms in total. The molecule has 2 rings (SSSR count). The molecule has 0 bridgehead atoms. The monoisotopic (exact) mass is 720 g/mol. The van der Waals surface area contributed by atoms with Crippen molar-refractivity contribution in [1.82, 2.24) is 15.5 Å². The van der Waals surface area contributed by atoms with E-state index in [-0.39, 0.29) is 48.6 Å². The molecule has 1 saturated carbocycles. The zero-order chi connectivity index (χ0) is 37.8. The summed E-state index contributed by atoms with van der Waals surface area (Å²) in [6, 6.07) is -0.224. The molecule has 0 aromatic rings. The largest absolute Gasteiger partial charge is 0.460 e. The molecular weight excluding hydrogens is 642 g/mol. The van der Waals surface area contributed by atoms with Gasteiger partial charge in [0.15, 0.2) is 5.79 Å². The molecule has 0 aromatic heterocycles. The number of rotatable bonds is 24. The van der Waals surface area contributed by atoms with Gasteiger partial charge in [-0.15, -0.1) is 0 Å². The molecular formula is C42H77N3O6. The maximum absolute atomic E-state index is 13.8. The lowest BCUT2D eigenvalue weighted by Gasteiger charge is -2.44. The third-order valence-corrected chi connectivity index (χ3v) is 10.4. The first kappa shape index (κ1) is 45.0. The summed E-state index contributed by atoms with van der Waals surface area (Å²) in [6.07, 6.45) is 25.2. The van der Waals surface area contributed by atoms with Crippen molar-refractivity contribution in [3.05, 3.63) is 12.2 Å². The van der Waals surface area contributed by atoms with Crippen LogP contribution in [0.4, 0.5) is 4.79 Å². The lowest BCUT2D eigenvalue weighted by molar-refractivity contribution is -0.304. The molecule has 3 atom stereocenters. The highest BCUT2D eigenvalue weighted by molar-refractivity contribution is 5.82. The van der Waals surface area contributed by atoms with E-state index in [9.17, 15) is 14.4 Å². The predicted molar refractivity (Wildman–Crippen MR) is 208 cm³/mol. The lowest BCUT2D eigenvalue weighted by atomic mass is 9.85. The lowest BCUT2D eigenvalue weighted by Crippen LogP contribution is -2.57. The first-order valence-electron chi connectivity index (χ1n) is 20.7. The summed E-state index contributed by atoms with van der Waals surface area (Å²) in [7, 11) is 0. The number of hydrogen-bond donors (Lipinski definition) is 2. The fourth-order valence-electron chi connectivity index (χ4n) is 7.13. The zero-order valence-corrected chi connectivity index (χ0v) is 34.0. The Hall–Kier alpha value is -2.13. The van der Waals surface area contributed by atoms with Crippen molar-refractivity contribution in [3.8, 4) is 0 Å². The molecule has 2 fully saturated rings. The Labute approximate surface area is 312 Å². The van der Waals surface area contributed by atoms with E-state index < -0.39 is 17.3 Å². The first-order valence-corrected chi connectivity index (χ1v) is 20.7. The third kappa shape index (κ3) is 18.0. The van der Waals surface area contributed by atoms with Crippen LogP contribution >= 0.6 is 0 Å². The number of urea groups is 1. The standard InChI is InChI=1S/C42H77N3O6/c1-9-11-13-14-15-16-17-18-19-20-21-22-23-26-30-41(5,6)44-39(48)45(32-12-10-2)34-27-24-25-28-35(34)50-36(46)29-31-43-38(47)37-40(3,4)33-49-42(7,8)51-37/h18-19,34-35,37H,9-17,20-33H2,1-8H3,(H,43,47)(H,44,48). The summed E-state index contributed by atoms with van der Waals surface area (Å²) < 4.78 is 17.7. The number of esters is 1. The minimum atomic E-state index is -0.846. The molecule has 1 aliphatic carbocycles. The van der Waals surface area contributed by atoms with Gasteiger partial charge in [-0.25, -0.2) is 4.79 Å². The van der Waals surface area contributed by atoms with E-state index in [1.165, 1.54) is 64.2 Å². The number of nitrogens with zero attached hydrogens (tertiary/aromatic N) is 1. The van der Waals surface area contributed by atoms with Crippen LogP contribution in [0.2, 0.25) is 0 Å². The van der Waals surface area contributed by atoms with Gasteiger partial charge < -0.3 is 29.7 Å². The van der Waals surface area contributed by atoms with Crippen molar-refractivity contribution in [2.24, 2.45) is 5.41 Å². The van der Waals surface area contributed by atoms with E-state index in [4.69, 9.17) is 14.2 Å². The van der Waals surface area contributed by atoms with Crippen molar-refractivity contribution in [3.63, 3.8) is 0 Å². The molecule has 9 heteroatoms. The maximum Gasteiger partial charge on any atom is 0.318 e. The van der Waals surface area contributed by atoms with E-state index in [0.717, 1.165) is 57.8 Å². The van der Waals surface area contributed by atoms with Crippen LogP contribution in [0.5, 0.6) is 0 Å². The highest BCUT2D eigenvalue weighted by atomic mass is 16.7. The Bertz CT molecular complexity index is 1040. The number of allylic oxidation sites excluding steroid dienone is 2. The summed E-state index contributed by atoms with van der Waals surface area (Å²) in [5.74, 6) is -1.46. The number of ether oxygens (including phenoxy) is 3. The van der Waals surface area contributed by atoms with E-state index in [1.54, 1.807) is 13.8 Å². The van der Waals surface area contributed by atoms with Gasteiger partial charge in [-0.2, -0.15) is 0 Å². The summed E-state index contributed by atoms with van der Waals surface area (Å²) in [6.45, 7) is 17.3. The van der Waals surface area contributed by atoms with Gasteiger partial charge in [-0.05, 0) is 85.5 Å². The van der Waals surface area contributed by atoms with E-state index in [2.05, 4.69) is 50.5 Å². The van der Waals surface area contributed by atoms with Crippen LogP contribution in [0.3, 0.4) is 0 Å². The molecule has 1 saturated heterocycles. The second-order valence-electron chi connectivity index (χ2n) is 16.9. The molecule has 2 aliphatic rings. The average molecular weight is 720 g/mol. The molecule has 0 aromatic carbocycles. The van der Waals surface area contributed by atoms with Gasteiger partial charge in [0.2, 0.25) is 5.91 Å². The highest BCUT2D eigenvalue weighted by Crippen LogP contribution is 2.35. The van der Waals surface area contributed by atoms with Crippen LogP contribution in [0.15, 0.2) is 12.2 Å². The van der Waals surface area contributed by atoms with Crippen molar-refractivity contribution in [1.29, 1.82) is 0 Å². The molecule has 2 N–H and O–H groups in total. The van der Waals surface area contributed by atoms with Gasteiger partial charge >= 0.3 is 12.0 Å².